The minimum Gasteiger partial charge on any atom is -0.331 e. The van der Waals surface area contributed by atoms with Crippen LogP contribution in [0.15, 0.2) is 24.3 Å². The molecule has 0 heterocycles. The summed E-state index contributed by atoms with van der Waals surface area (Å²) in [6, 6.07) is 8.88. The molecule has 2 rings (SSSR count). The molecule has 1 saturated carbocycles. The normalized spacial score (nSPS) is 17.4. The number of rotatable bonds is 5. The predicted molar refractivity (Wildman–Crippen MR) is 82.7 cm³/mol. The zero-order valence-electron chi connectivity index (χ0n) is 13.0. The molecule has 1 aliphatic carbocycles. The molecule has 2 amide bonds. The lowest BCUT2D eigenvalue weighted by atomic mass is 10.1. The topological polar surface area (TPSA) is 32.3 Å². The summed E-state index contributed by atoms with van der Waals surface area (Å²) >= 11 is 0. The number of hydrogen-bond donors (Lipinski definition) is 1. The summed E-state index contributed by atoms with van der Waals surface area (Å²) in [5.74, 6) is 0.699. The van der Waals surface area contributed by atoms with Gasteiger partial charge in [0.1, 0.15) is 0 Å². The van der Waals surface area contributed by atoms with Crippen molar-refractivity contribution in [2.45, 2.75) is 52.1 Å². The number of hydrogen-bond acceptors (Lipinski definition) is 1. The third-order valence-corrected chi connectivity index (χ3v) is 4.46. The van der Waals surface area contributed by atoms with Crippen LogP contribution in [0.3, 0.4) is 0 Å². The Hall–Kier alpha value is -1.51. The van der Waals surface area contributed by atoms with E-state index in [2.05, 4.69) is 43.4 Å². The highest BCUT2D eigenvalue weighted by molar-refractivity contribution is 5.74. The van der Waals surface area contributed by atoms with E-state index in [0.29, 0.717) is 12.0 Å². The Bertz CT molecular complexity index is 451. The van der Waals surface area contributed by atoms with Crippen LogP contribution in [0.1, 0.15) is 50.8 Å². The van der Waals surface area contributed by atoms with Crippen molar-refractivity contribution in [2.75, 3.05) is 7.05 Å². The third-order valence-electron chi connectivity index (χ3n) is 4.46. The molecule has 1 aromatic carbocycles. The number of amides is 2. The SMILES string of the molecule is CCc1ccc([C@H](C)NC(=O)N(C)[C@@H](C)C2CC2)cc1. The Morgan fingerprint density at radius 3 is 2.40 bits per heavy atom. The van der Waals surface area contributed by atoms with Crippen LogP contribution < -0.4 is 5.32 Å². The molecular weight excluding hydrogens is 248 g/mol. The molecule has 1 fully saturated rings. The van der Waals surface area contributed by atoms with Crippen molar-refractivity contribution in [3.8, 4) is 0 Å². The lowest BCUT2D eigenvalue weighted by Crippen LogP contribution is -2.44. The second kappa shape index (κ2) is 6.29. The van der Waals surface area contributed by atoms with E-state index >= 15 is 0 Å². The quantitative estimate of drug-likeness (QED) is 0.871. The molecule has 20 heavy (non-hydrogen) atoms. The van der Waals surface area contributed by atoms with E-state index in [9.17, 15) is 4.79 Å². The van der Waals surface area contributed by atoms with Crippen LogP contribution in [0.25, 0.3) is 0 Å². The number of carbonyl (C=O) groups is 1. The first-order chi connectivity index (χ1) is 9.52. The van der Waals surface area contributed by atoms with Crippen LogP contribution in [0.5, 0.6) is 0 Å². The van der Waals surface area contributed by atoms with E-state index in [1.54, 1.807) is 0 Å². The van der Waals surface area contributed by atoms with Crippen molar-refractivity contribution in [1.82, 2.24) is 10.2 Å². The number of aryl methyl sites for hydroxylation is 1. The van der Waals surface area contributed by atoms with Crippen molar-refractivity contribution < 1.29 is 4.79 Å². The van der Waals surface area contributed by atoms with Gasteiger partial charge in [0, 0.05) is 13.1 Å². The number of carbonyl (C=O) groups excluding carboxylic acids is 1. The van der Waals surface area contributed by atoms with Crippen molar-refractivity contribution in [2.24, 2.45) is 5.92 Å². The molecule has 1 N–H and O–H groups in total. The molecule has 3 nitrogen and oxygen atoms in total. The van der Waals surface area contributed by atoms with Gasteiger partial charge in [-0.3, -0.25) is 0 Å². The molecule has 3 heteroatoms. The molecule has 1 aromatic rings. The van der Waals surface area contributed by atoms with Crippen molar-refractivity contribution in [3.63, 3.8) is 0 Å². The average Bonchev–Trinajstić information content (AvgIpc) is 3.30. The maximum Gasteiger partial charge on any atom is 0.317 e. The summed E-state index contributed by atoms with van der Waals surface area (Å²) in [7, 11) is 1.89. The summed E-state index contributed by atoms with van der Waals surface area (Å²) < 4.78 is 0. The monoisotopic (exact) mass is 274 g/mol. The maximum absolute atomic E-state index is 12.2. The molecule has 0 unspecified atom stereocenters. The van der Waals surface area contributed by atoms with Gasteiger partial charge in [0.2, 0.25) is 0 Å². The van der Waals surface area contributed by atoms with Crippen LogP contribution in [0.2, 0.25) is 0 Å². The number of nitrogens with one attached hydrogen (secondary N) is 1. The second-order valence-electron chi connectivity index (χ2n) is 5.96. The van der Waals surface area contributed by atoms with Gasteiger partial charge in [0.15, 0.2) is 0 Å². The fourth-order valence-electron chi connectivity index (χ4n) is 2.49. The van der Waals surface area contributed by atoms with Crippen molar-refractivity contribution in [3.05, 3.63) is 35.4 Å². The summed E-state index contributed by atoms with van der Waals surface area (Å²) in [4.78, 5) is 14.1. The first-order valence-corrected chi connectivity index (χ1v) is 7.65. The number of benzene rings is 1. The zero-order chi connectivity index (χ0) is 14.7. The van der Waals surface area contributed by atoms with Gasteiger partial charge >= 0.3 is 6.03 Å². The highest BCUT2D eigenvalue weighted by Gasteiger charge is 2.32. The Morgan fingerprint density at radius 1 is 1.30 bits per heavy atom. The van der Waals surface area contributed by atoms with Gasteiger partial charge in [0.25, 0.3) is 0 Å². The number of nitrogens with zero attached hydrogens (tertiary/aromatic N) is 1. The largest absolute Gasteiger partial charge is 0.331 e. The minimum atomic E-state index is 0.0245. The fourth-order valence-corrected chi connectivity index (χ4v) is 2.49. The smallest absolute Gasteiger partial charge is 0.317 e. The minimum absolute atomic E-state index is 0.0245. The van der Waals surface area contributed by atoms with Crippen LogP contribution in [0.4, 0.5) is 4.79 Å². The second-order valence-corrected chi connectivity index (χ2v) is 5.96. The molecule has 110 valence electrons. The lowest BCUT2D eigenvalue weighted by molar-refractivity contribution is 0.185. The molecule has 0 aromatic heterocycles. The Balaban J connectivity index is 1.91. The average molecular weight is 274 g/mol. The van der Waals surface area contributed by atoms with Crippen LogP contribution >= 0.6 is 0 Å². The fraction of sp³-hybridized carbons (Fsp3) is 0.588. The van der Waals surface area contributed by atoms with Gasteiger partial charge < -0.3 is 10.2 Å². The maximum atomic E-state index is 12.2. The predicted octanol–water partition coefficient (Wildman–Crippen LogP) is 3.75. The summed E-state index contributed by atoms with van der Waals surface area (Å²) in [6.45, 7) is 6.32. The molecule has 2 atom stereocenters. The van der Waals surface area contributed by atoms with Gasteiger partial charge in [-0.1, -0.05) is 31.2 Å². The zero-order valence-corrected chi connectivity index (χ0v) is 13.0. The van der Waals surface area contributed by atoms with E-state index in [1.807, 2.05) is 18.9 Å². The van der Waals surface area contributed by atoms with Gasteiger partial charge in [-0.2, -0.15) is 0 Å². The molecular formula is C17H26N2O. The Labute approximate surface area is 122 Å². The van der Waals surface area contributed by atoms with Crippen LogP contribution in [0, 0.1) is 5.92 Å². The summed E-state index contributed by atoms with van der Waals surface area (Å²) in [5.41, 5.74) is 2.48. The van der Waals surface area contributed by atoms with Crippen molar-refractivity contribution >= 4 is 6.03 Å². The molecule has 0 spiro atoms. The number of urea groups is 1. The molecule has 1 aliphatic rings. The molecule has 0 aliphatic heterocycles. The van der Waals surface area contributed by atoms with Gasteiger partial charge in [-0.15, -0.1) is 0 Å². The molecule has 0 radical (unpaired) electrons. The van der Waals surface area contributed by atoms with Crippen LogP contribution in [-0.4, -0.2) is 24.0 Å². The van der Waals surface area contributed by atoms with E-state index in [4.69, 9.17) is 0 Å². The standard InChI is InChI=1S/C17H26N2O/c1-5-14-6-8-15(9-7-14)12(2)18-17(20)19(4)13(3)16-10-11-16/h6-9,12-13,16H,5,10-11H2,1-4H3,(H,18,20)/t12-,13-/m0/s1. The summed E-state index contributed by atoms with van der Waals surface area (Å²) in [6.07, 6.45) is 3.56. The molecule has 0 bridgehead atoms. The Kier molecular flexibility index (Phi) is 4.69. The van der Waals surface area contributed by atoms with E-state index in [-0.39, 0.29) is 12.1 Å². The Morgan fingerprint density at radius 2 is 1.90 bits per heavy atom. The summed E-state index contributed by atoms with van der Waals surface area (Å²) in [5, 5.41) is 3.08. The lowest BCUT2D eigenvalue weighted by Gasteiger charge is -2.27. The van der Waals surface area contributed by atoms with Crippen LogP contribution in [-0.2, 0) is 6.42 Å². The van der Waals surface area contributed by atoms with Gasteiger partial charge in [-0.25, -0.2) is 4.79 Å². The third kappa shape index (κ3) is 3.53. The highest BCUT2D eigenvalue weighted by Crippen LogP contribution is 2.34. The first-order valence-electron chi connectivity index (χ1n) is 7.65. The van der Waals surface area contributed by atoms with E-state index < -0.39 is 0 Å². The van der Waals surface area contributed by atoms with Gasteiger partial charge in [-0.05, 0) is 50.2 Å². The first kappa shape index (κ1) is 14.9. The molecule has 0 saturated heterocycles. The van der Waals surface area contributed by atoms with E-state index in [0.717, 1.165) is 12.0 Å². The van der Waals surface area contributed by atoms with E-state index in [1.165, 1.54) is 18.4 Å². The van der Waals surface area contributed by atoms with Crippen molar-refractivity contribution in [1.29, 1.82) is 0 Å². The highest BCUT2D eigenvalue weighted by atomic mass is 16.2. The van der Waals surface area contributed by atoms with Gasteiger partial charge in [0.05, 0.1) is 6.04 Å².